The van der Waals surface area contributed by atoms with Gasteiger partial charge in [-0.15, -0.1) is 0 Å². The van der Waals surface area contributed by atoms with Gasteiger partial charge in [0.05, 0.1) is 17.5 Å². The fourth-order valence-electron chi connectivity index (χ4n) is 1.62. The van der Waals surface area contributed by atoms with E-state index in [4.69, 9.17) is 14.8 Å². The molecule has 0 radical (unpaired) electrons. The van der Waals surface area contributed by atoms with Gasteiger partial charge in [-0.2, -0.15) is 5.26 Å². The van der Waals surface area contributed by atoms with E-state index in [1.807, 2.05) is 6.07 Å². The van der Waals surface area contributed by atoms with E-state index in [0.717, 1.165) is 6.07 Å². The van der Waals surface area contributed by atoms with Crippen molar-refractivity contribution in [2.75, 3.05) is 5.32 Å². The van der Waals surface area contributed by atoms with Crippen LogP contribution in [0.2, 0.25) is 0 Å². The maximum absolute atomic E-state index is 12.9. The summed E-state index contributed by atoms with van der Waals surface area (Å²) >= 11 is 0. The quantitative estimate of drug-likeness (QED) is 0.882. The van der Waals surface area contributed by atoms with Crippen LogP contribution in [0.3, 0.4) is 0 Å². The number of halogens is 1. The average molecular weight is 260 g/mol. The second-order valence-electron chi connectivity index (χ2n) is 3.74. The number of carboxylic acid groups (broad SMARTS) is 1. The van der Waals surface area contributed by atoms with Crippen molar-refractivity contribution in [3.05, 3.63) is 53.2 Å². The van der Waals surface area contributed by atoms with Crippen molar-refractivity contribution in [1.29, 1.82) is 5.26 Å². The number of rotatable bonds is 4. The molecule has 0 amide bonds. The molecule has 2 N–H and O–H groups in total. The van der Waals surface area contributed by atoms with E-state index in [2.05, 4.69) is 5.32 Å². The van der Waals surface area contributed by atoms with Gasteiger partial charge in [0.2, 0.25) is 5.76 Å². The molecule has 0 saturated carbocycles. The van der Waals surface area contributed by atoms with Crippen LogP contribution in [0.1, 0.15) is 21.7 Å². The lowest BCUT2D eigenvalue weighted by molar-refractivity contribution is 0.0661. The largest absolute Gasteiger partial charge is 0.475 e. The van der Waals surface area contributed by atoms with Gasteiger partial charge in [0.1, 0.15) is 11.9 Å². The highest BCUT2D eigenvalue weighted by Crippen LogP contribution is 2.18. The van der Waals surface area contributed by atoms with E-state index in [9.17, 15) is 9.18 Å². The Morgan fingerprint density at radius 3 is 2.95 bits per heavy atom. The summed E-state index contributed by atoms with van der Waals surface area (Å²) in [5.41, 5.74) is 1.03. The van der Waals surface area contributed by atoms with Gasteiger partial charge >= 0.3 is 5.97 Å². The normalized spacial score (nSPS) is 9.89. The van der Waals surface area contributed by atoms with Crippen molar-refractivity contribution >= 4 is 11.7 Å². The topological polar surface area (TPSA) is 86.3 Å². The number of hydrogen-bond acceptors (Lipinski definition) is 4. The third-order valence-electron chi connectivity index (χ3n) is 2.51. The molecule has 5 nitrogen and oxygen atoms in total. The molecular weight excluding hydrogens is 251 g/mol. The van der Waals surface area contributed by atoms with Crippen molar-refractivity contribution in [1.82, 2.24) is 0 Å². The van der Waals surface area contributed by atoms with E-state index in [-0.39, 0.29) is 17.9 Å². The number of anilines is 1. The van der Waals surface area contributed by atoms with Crippen LogP contribution in [0.15, 0.2) is 34.9 Å². The number of nitrogens with zero attached hydrogens (tertiary/aromatic N) is 1. The Kier molecular flexibility index (Phi) is 3.48. The van der Waals surface area contributed by atoms with Gasteiger partial charge in [-0.25, -0.2) is 9.18 Å². The zero-order valence-corrected chi connectivity index (χ0v) is 9.68. The molecule has 96 valence electrons. The lowest BCUT2D eigenvalue weighted by Gasteiger charge is -2.07. The number of hydrogen-bond donors (Lipinski definition) is 2. The van der Waals surface area contributed by atoms with Gasteiger partial charge in [0.15, 0.2) is 0 Å². The van der Waals surface area contributed by atoms with Gasteiger partial charge in [-0.05, 0) is 24.3 Å². The van der Waals surface area contributed by atoms with Gasteiger partial charge in [0.25, 0.3) is 0 Å². The van der Waals surface area contributed by atoms with Gasteiger partial charge in [0, 0.05) is 12.1 Å². The summed E-state index contributed by atoms with van der Waals surface area (Å²) in [4.78, 5) is 10.8. The monoisotopic (exact) mass is 260 g/mol. The summed E-state index contributed by atoms with van der Waals surface area (Å²) < 4.78 is 17.8. The third kappa shape index (κ3) is 2.72. The molecule has 0 aliphatic rings. The minimum Gasteiger partial charge on any atom is -0.475 e. The summed E-state index contributed by atoms with van der Waals surface area (Å²) in [7, 11) is 0. The van der Waals surface area contributed by atoms with Crippen LogP contribution in [-0.4, -0.2) is 11.1 Å². The number of nitriles is 1. The van der Waals surface area contributed by atoms with Crippen LogP contribution in [0.25, 0.3) is 0 Å². The van der Waals surface area contributed by atoms with Crippen LogP contribution in [0, 0.1) is 17.1 Å². The molecule has 1 aromatic carbocycles. The minimum absolute atomic E-state index is 0.153. The number of nitrogens with one attached hydrogen (secondary N) is 1. The van der Waals surface area contributed by atoms with Crippen LogP contribution in [0.5, 0.6) is 0 Å². The van der Waals surface area contributed by atoms with Crippen LogP contribution >= 0.6 is 0 Å². The van der Waals surface area contributed by atoms with Crippen molar-refractivity contribution in [2.45, 2.75) is 6.54 Å². The summed E-state index contributed by atoms with van der Waals surface area (Å²) in [5.74, 6) is -1.83. The number of furan rings is 1. The second-order valence-corrected chi connectivity index (χ2v) is 3.74. The highest BCUT2D eigenvalue weighted by atomic mass is 19.1. The van der Waals surface area contributed by atoms with Crippen molar-refractivity contribution in [3.63, 3.8) is 0 Å². The van der Waals surface area contributed by atoms with E-state index in [1.165, 1.54) is 24.5 Å². The first-order chi connectivity index (χ1) is 9.11. The predicted octanol–water partition coefficient (Wildman–Crippen LogP) is 2.60. The molecule has 2 rings (SSSR count). The van der Waals surface area contributed by atoms with Crippen molar-refractivity contribution in [2.24, 2.45) is 0 Å². The molecule has 0 spiro atoms. The smallest absolute Gasteiger partial charge is 0.372 e. The molecule has 1 aromatic heterocycles. The Balaban J connectivity index is 2.17. The lowest BCUT2D eigenvalue weighted by atomic mass is 10.1. The molecule has 1 heterocycles. The van der Waals surface area contributed by atoms with E-state index < -0.39 is 11.8 Å². The molecule has 2 aromatic rings. The molecule has 6 heteroatoms. The minimum atomic E-state index is -1.17. The zero-order chi connectivity index (χ0) is 13.8. The first-order valence-corrected chi connectivity index (χ1v) is 5.35. The number of benzene rings is 1. The molecule has 0 atom stereocenters. The van der Waals surface area contributed by atoms with Gasteiger partial charge in [-0.3, -0.25) is 0 Å². The van der Waals surface area contributed by atoms with Crippen LogP contribution < -0.4 is 5.32 Å². The first-order valence-electron chi connectivity index (χ1n) is 5.35. The fourth-order valence-corrected chi connectivity index (χ4v) is 1.62. The highest BCUT2D eigenvalue weighted by molar-refractivity contribution is 5.86. The Morgan fingerprint density at radius 2 is 2.26 bits per heavy atom. The van der Waals surface area contributed by atoms with Gasteiger partial charge in [-0.1, -0.05) is 0 Å². The van der Waals surface area contributed by atoms with Crippen molar-refractivity contribution in [3.8, 4) is 6.07 Å². The summed E-state index contributed by atoms with van der Waals surface area (Å²) in [6.45, 7) is 0.165. The molecule has 19 heavy (non-hydrogen) atoms. The number of aromatic carboxylic acids is 1. The molecule has 0 saturated heterocycles. The maximum atomic E-state index is 12.9. The Labute approximate surface area is 107 Å². The SMILES string of the molecule is N#Cc1cc(F)ccc1NCc1ccoc1C(=O)O. The average Bonchev–Trinajstić information content (AvgIpc) is 2.85. The number of carbonyl (C=O) groups is 1. The zero-order valence-electron chi connectivity index (χ0n) is 9.68. The molecule has 0 aliphatic heterocycles. The van der Waals surface area contributed by atoms with Crippen molar-refractivity contribution < 1.29 is 18.7 Å². The van der Waals surface area contributed by atoms with E-state index in [1.54, 1.807) is 0 Å². The fraction of sp³-hybridized carbons (Fsp3) is 0.0769. The maximum Gasteiger partial charge on any atom is 0.372 e. The molecule has 0 bridgehead atoms. The van der Waals surface area contributed by atoms with Crippen LogP contribution in [-0.2, 0) is 6.54 Å². The molecular formula is C13H9FN2O3. The third-order valence-corrected chi connectivity index (χ3v) is 2.51. The Morgan fingerprint density at radius 1 is 1.47 bits per heavy atom. The standard InChI is InChI=1S/C13H9FN2O3/c14-10-1-2-11(9(5-10)6-15)16-7-8-3-4-19-12(8)13(17)18/h1-5,16H,7H2,(H,17,18). The lowest BCUT2D eigenvalue weighted by Crippen LogP contribution is -2.05. The highest BCUT2D eigenvalue weighted by Gasteiger charge is 2.14. The summed E-state index contributed by atoms with van der Waals surface area (Å²) in [6, 6.07) is 7.13. The number of carboxylic acids is 1. The molecule has 0 fully saturated rings. The van der Waals surface area contributed by atoms with E-state index >= 15 is 0 Å². The van der Waals surface area contributed by atoms with Gasteiger partial charge < -0.3 is 14.8 Å². The Hall–Kier alpha value is -2.81. The molecule has 0 aliphatic carbocycles. The van der Waals surface area contributed by atoms with E-state index in [0.29, 0.717) is 11.3 Å². The Bertz CT molecular complexity index is 658. The summed E-state index contributed by atoms with van der Waals surface area (Å²) in [5, 5.41) is 20.6. The molecule has 0 unspecified atom stereocenters. The van der Waals surface area contributed by atoms with Crippen LogP contribution in [0.4, 0.5) is 10.1 Å². The summed E-state index contributed by atoms with van der Waals surface area (Å²) in [6.07, 6.45) is 1.27. The predicted molar refractivity (Wildman–Crippen MR) is 64.1 cm³/mol. The second kappa shape index (κ2) is 5.23. The first kappa shape index (κ1) is 12.6.